The zero-order valence-corrected chi connectivity index (χ0v) is 5.66. The van der Waals surface area contributed by atoms with E-state index in [1.807, 2.05) is 6.92 Å². The molecular formula is C5H5N2OS. The fraction of sp³-hybridized carbons (Fsp3) is 0.200. The first-order chi connectivity index (χ1) is 4.34. The van der Waals surface area contributed by atoms with Crippen LogP contribution in [0.1, 0.15) is 5.69 Å². The normalized spacial score (nSPS) is 9.00. The minimum Gasteiger partial charge on any atom is -0.308 e. The van der Waals surface area contributed by atoms with Crippen molar-refractivity contribution in [2.75, 3.05) is 5.32 Å². The Balaban J connectivity index is 2.80. The van der Waals surface area contributed by atoms with E-state index in [-0.39, 0.29) is 0 Å². The molecule has 0 aromatic carbocycles. The van der Waals surface area contributed by atoms with Crippen LogP contribution in [0, 0.1) is 6.92 Å². The first kappa shape index (κ1) is 6.22. The standard InChI is InChI=1S/C5H5N2OS/c1-4-5(6-2-8)9-3-7-4/h3H,1H3,(H,6,8). The average molecular weight is 141 g/mol. The molecule has 1 N–H and O–H groups in total. The Morgan fingerprint density at radius 3 is 3.11 bits per heavy atom. The number of nitrogens with one attached hydrogen (secondary N) is 1. The van der Waals surface area contributed by atoms with Crippen LogP contribution < -0.4 is 5.32 Å². The highest BCUT2D eigenvalue weighted by molar-refractivity contribution is 7.14. The molecule has 0 aliphatic rings. The number of thiazole rings is 1. The molecule has 0 spiro atoms. The third kappa shape index (κ3) is 1.26. The first-order valence-electron chi connectivity index (χ1n) is 2.38. The molecule has 1 rings (SSSR count). The van der Waals surface area contributed by atoms with Crippen LogP contribution in [0.25, 0.3) is 0 Å². The van der Waals surface area contributed by atoms with E-state index in [2.05, 4.69) is 10.3 Å². The minimum atomic E-state index is 0.769. The van der Waals surface area contributed by atoms with E-state index >= 15 is 0 Å². The molecule has 0 fully saturated rings. The van der Waals surface area contributed by atoms with Gasteiger partial charge in [-0.25, -0.2) is 4.98 Å². The number of nitrogens with zero attached hydrogens (tertiary/aromatic N) is 1. The monoisotopic (exact) mass is 141 g/mol. The molecule has 0 unspecified atom stereocenters. The topological polar surface area (TPSA) is 42.0 Å². The number of amides is 1. The average Bonchev–Trinajstić information content (AvgIpc) is 2.18. The maximum absolute atomic E-state index is 9.77. The van der Waals surface area contributed by atoms with E-state index in [1.54, 1.807) is 11.9 Å². The van der Waals surface area contributed by atoms with Crippen LogP contribution in [0.3, 0.4) is 0 Å². The van der Waals surface area contributed by atoms with E-state index in [9.17, 15) is 4.79 Å². The van der Waals surface area contributed by atoms with Gasteiger partial charge in [0.05, 0.1) is 11.2 Å². The summed E-state index contributed by atoms with van der Waals surface area (Å²) in [6.45, 7) is 1.83. The Labute approximate surface area is 56.7 Å². The Morgan fingerprint density at radius 1 is 1.89 bits per heavy atom. The highest BCUT2D eigenvalue weighted by Crippen LogP contribution is 2.16. The molecule has 0 aliphatic heterocycles. The molecule has 1 heterocycles. The number of anilines is 1. The van der Waals surface area contributed by atoms with E-state index in [1.165, 1.54) is 11.3 Å². The van der Waals surface area contributed by atoms with Crippen molar-refractivity contribution in [3.8, 4) is 0 Å². The van der Waals surface area contributed by atoms with Gasteiger partial charge in [0.15, 0.2) is 0 Å². The Morgan fingerprint density at radius 2 is 2.67 bits per heavy atom. The third-order valence-electron chi connectivity index (χ3n) is 0.910. The zero-order chi connectivity index (χ0) is 6.69. The van der Waals surface area contributed by atoms with Gasteiger partial charge in [0.1, 0.15) is 5.00 Å². The highest BCUT2D eigenvalue weighted by Gasteiger charge is 1.96. The number of aryl methyl sites for hydroxylation is 1. The molecule has 1 aromatic rings. The number of hydrogen-bond acceptors (Lipinski definition) is 3. The van der Waals surface area contributed by atoms with Crippen LogP contribution in [0.15, 0.2) is 5.51 Å². The maximum atomic E-state index is 9.77. The predicted octanol–water partition coefficient (Wildman–Crippen LogP) is 0.931. The molecule has 0 bridgehead atoms. The summed E-state index contributed by atoms with van der Waals surface area (Å²) in [5.41, 5.74) is 2.51. The van der Waals surface area contributed by atoms with Crippen molar-refractivity contribution in [1.82, 2.24) is 4.98 Å². The number of aromatic nitrogens is 1. The quantitative estimate of drug-likeness (QED) is 0.622. The van der Waals surface area contributed by atoms with Crippen molar-refractivity contribution in [3.05, 3.63) is 11.2 Å². The van der Waals surface area contributed by atoms with Crippen molar-refractivity contribution in [2.24, 2.45) is 0 Å². The maximum Gasteiger partial charge on any atom is 0.314 e. The van der Waals surface area contributed by atoms with Gasteiger partial charge in [-0.3, -0.25) is 4.79 Å². The van der Waals surface area contributed by atoms with Gasteiger partial charge >= 0.3 is 6.41 Å². The Hall–Kier alpha value is -0.900. The van der Waals surface area contributed by atoms with Gasteiger partial charge in [0.2, 0.25) is 0 Å². The van der Waals surface area contributed by atoms with Crippen molar-refractivity contribution >= 4 is 22.7 Å². The van der Waals surface area contributed by atoms with Crippen LogP contribution >= 0.6 is 11.3 Å². The second-order valence-electron chi connectivity index (χ2n) is 1.49. The zero-order valence-electron chi connectivity index (χ0n) is 4.84. The molecule has 1 radical (unpaired) electrons. The van der Waals surface area contributed by atoms with E-state index < -0.39 is 0 Å². The van der Waals surface area contributed by atoms with Crippen molar-refractivity contribution in [3.63, 3.8) is 0 Å². The lowest BCUT2D eigenvalue weighted by atomic mass is 10.5. The largest absolute Gasteiger partial charge is 0.314 e. The molecule has 0 aliphatic carbocycles. The van der Waals surface area contributed by atoms with Gasteiger partial charge in [0, 0.05) is 0 Å². The van der Waals surface area contributed by atoms with E-state index in [4.69, 9.17) is 0 Å². The second-order valence-corrected chi connectivity index (χ2v) is 2.35. The Kier molecular flexibility index (Phi) is 1.79. The smallest absolute Gasteiger partial charge is 0.308 e. The fourth-order valence-electron chi connectivity index (χ4n) is 0.468. The highest BCUT2D eigenvalue weighted by atomic mass is 32.1. The minimum absolute atomic E-state index is 0.769. The summed E-state index contributed by atoms with van der Waals surface area (Å²) in [5.74, 6) is 0. The fourth-order valence-corrected chi connectivity index (χ4v) is 1.11. The molecule has 0 atom stereocenters. The molecule has 1 amide bonds. The van der Waals surface area contributed by atoms with Gasteiger partial charge in [-0.05, 0) is 6.92 Å². The number of carbonyl (C=O) groups excluding carboxylic acids is 1. The second kappa shape index (κ2) is 2.59. The van der Waals surface area contributed by atoms with E-state index in [0.29, 0.717) is 0 Å². The summed E-state index contributed by atoms with van der Waals surface area (Å²) < 4.78 is 0. The van der Waals surface area contributed by atoms with Crippen LogP contribution in [-0.4, -0.2) is 11.4 Å². The predicted molar refractivity (Wildman–Crippen MR) is 36.2 cm³/mol. The van der Waals surface area contributed by atoms with Crippen LogP contribution in [0.5, 0.6) is 0 Å². The van der Waals surface area contributed by atoms with Gasteiger partial charge in [-0.1, -0.05) is 0 Å². The van der Waals surface area contributed by atoms with E-state index in [0.717, 1.165) is 10.7 Å². The van der Waals surface area contributed by atoms with Crippen molar-refractivity contribution in [2.45, 2.75) is 6.92 Å². The van der Waals surface area contributed by atoms with Crippen molar-refractivity contribution < 1.29 is 4.79 Å². The molecule has 0 saturated carbocycles. The SMILES string of the molecule is Cc1ncsc1N[C]=O. The number of hydrogen-bond donors (Lipinski definition) is 1. The molecule has 9 heavy (non-hydrogen) atoms. The molecule has 3 nitrogen and oxygen atoms in total. The van der Waals surface area contributed by atoms with Gasteiger partial charge < -0.3 is 5.32 Å². The van der Waals surface area contributed by atoms with Gasteiger partial charge in [-0.15, -0.1) is 11.3 Å². The van der Waals surface area contributed by atoms with Crippen molar-refractivity contribution in [1.29, 1.82) is 0 Å². The van der Waals surface area contributed by atoms with Gasteiger partial charge in [-0.2, -0.15) is 0 Å². The molecule has 47 valence electrons. The number of rotatable bonds is 2. The lowest BCUT2D eigenvalue weighted by molar-refractivity contribution is 0.561. The third-order valence-corrected chi connectivity index (χ3v) is 1.75. The molecule has 0 saturated heterocycles. The van der Waals surface area contributed by atoms with Crippen LogP contribution in [0.2, 0.25) is 0 Å². The molecule has 1 aromatic heterocycles. The summed E-state index contributed by atoms with van der Waals surface area (Å²) in [6.07, 6.45) is 1.58. The summed E-state index contributed by atoms with van der Waals surface area (Å²) >= 11 is 1.39. The first-order valence-corrected chi connectivity index (χ1v) is 3.26. The van der Waals surface area contributed by atoms with Crippen LogP contribution in [-0.2, 0) is 4.79 Å². The summed E-state index contributed by atoms with van der Waals surface area (Å²) in [6, 6.07) is 0. The summed E-state index contributed by atoms with van der Waals surface area (Å²) in [4.78, 5) is 13.7. The molecule has 4 heteroatoms. The summed E-state index contributed by atoms with van der Waals surface area (Å²) in [7, 11) is 0. The van der Waals surface area contributed by atoms with Gasteiger partial charge in [0.25, 0.3) is 0 Å². The lowest BCUT2D eigenvalue weighted by Gasteiger charge is -1.88. The Bertz CT molecular complexity index is 208. The lowest BCUT2D eigenvalue weighted by Crippen LogP contribution is -1.91. The van der Waals surface area contributed by atoms with Crippen LogP contribution in [0.4, 0.5) is 5.00 Å². The molecular weight excluding hydrogens is 136 g/mol. The summed E-state index contributed by atoms with van der Waals surface area (Å²) in [5, 5.41) is 3.17.